The number of carbonyl (C=O) groups is 1. The minimum atomic E-state index is -3.96. The third-order valence-electron chi connectivity index (χ3n) is 5.64. The van der Waals surface area contributed by atoms with Crippen molar-refractivity contribution in [3.05, 3.63) is 93.5 Å². The third kappa shape index (κ3) is 4.45. The van der Waals surface area contributed by atoms with Gasteiger partial charge in [0.15, 0.2) is 0 Å². The number of hydrogen-bond donors (Lipinski definition) is 1. The molecule has 4 rings (SSSR count). The molecule has 1 amide bonds. The number of halogens is 1. The Morgan fingerprint density at radius 2 is 1.71 bits per heavy atom. The summed E-state index contributed by atoms with van der Waals surface area (Å²) in [5, 5.41) is 0.0665. The molecule has 1 N–H and O–H groups in total. The highest BCUT2D eigenvalue weighted by Crippen LogP contribution is 2.27. The van der Waals surface area contributed by atoms with Gasteiger partial charge in [-0.25, -0.2) is 8.42 Å². The average Bonchev–Trinajstić information content (AvgIpc) is 2.75. The van der Waals surface area contributed by atoms with E-state index in [0.29, 0.717) is 24.3 Å². The first-order valence-electron chi connectivity index (χ1n) is 10.0. The Balaban J connectivity index is 1.60. The van der Waals surface area contributed by atoms with Crippen LogP contribution < -0.4 is 4.72 Å². The summed E-state index contributed by atoms with van der Waals surface area (Å²) in [6.07, 6.45) is 0.773. The van der Waals surface area contributed by atoms with E-state index >= 15 is 0 Å². The lowest BCUT2D eigenvalue weighted by Crippen LogP contribution is -2.36. The van der Waals surface area contributed by atoms with Gasteiger partial charge < -0.3 is 4.90 Å². The van der Waals surface area contributed by atoms with Crippen LogP contribution in [-0.4, -0.2) is 25.8 Å². The van der Waals surface area contributed by atoms with E-state index in [0.717, 1.165) is 23.1 Å². The number of anilines is 1. The number of fused-ring (bicyclic) bond motifs is 1. The van der Waals surface area contributed by atoms with Crippen LogP contribution in [0.1, 0.15) is 32.6 Å². The van der Waals surface area contributed by atoms with Crippen LogP contribution in [0.25, 0.3) is 0 Å². The van der Waals surface area contributed by atoms with Crippen molar-refractivity contribution in [1.29, 1.82) is 0 Å². The monoisotopic (exact) mass is 454 g/mol. The Kier molecular flexibility index (Phi) is 5.77. The van der Waals surface area contributed by atoms with Gasteiger partial charge in [-0.2, -0.15) is 0 Å². The molecule has 1 aliphatic heterocycles. The molecule has 0 bridgehead atoms. The van der Waals surface area contributed by atoms with Crippen molar-refractivity contribution >= 4 is 33.2 Å². The van der Waals surface area contributed by atoms with Crippen LogP contribution in [0.2, 0.25) is 5.02 Å². The minimum Gasteiger partial charge on any atom is -0.334 e. The molecule has 0 radical (unpaired) electrons. The summed E-state index contributed by atoms with van der Waals surface area (Å²) in [5.41, 5.74) is 5.13. The van der Waals surface area contributed by atoms with Crippen LogP contribution in [0.5, 0.6) is 0 Å². The summed E-state index contributed by atoms with van der Waals surface area (Å²) in [5.74, 6) is -0.214. The van der Waals surface area contributed by atoms with Crippen LogP contribution in [-0.2, 0) is 23.0 Å². The number of nitrogens with zero attached hydrogens (tertiary/aromatic N) is 1. The Hall–Kier alpha value is -2.83. The molecule has 0 saturated carbocycles. The molecule has 0 aromatic heterocycles. The number of aryl methyl sites for hydroxylation is 2. The molecule has 1 aliphatic rings. The molecular formula is C24H23ClN2O3S. The number of amides is 1. The highest BCUT2D eigenvalue weighted by Gasteiger charge is 2.25. The molecule has 3 aromatic rings. The smallest absolute Gasteiger partial charge is 0.263 e. The molecule has 7 heteroatoms. The van der Waals surface area contributed by atoms with E-state index in [9.17, 15) is 13.2 Å². The van der Waals surface area contributed by atoms with Crippen molar-refractivity contribution < 1.29 is 13.2 Å². The van der Waals surface area contributed by atoms with Gasteiger partial charge in [0.25, 0.3) is 15.9 Å². The van der Waals surface area contributed by atoms with Gasteiger partial charge in [-0.3, -0.25) is 9.52 Å². The quantitative estimate of drug-likeness (QED) is 0.606. The van der Waals surface area contributed by atoms with E-state index in [2.05, 4.69) is 10.8 Å². The Labute approximate surface area is 187 Å². The number of nitrogens with one attached hydrogen (secondary N) is 1. The second kappa shape index (κ2) is 8.36. The number of hydrogen-bond acceptors (Lipinski definition) is 3. The van der Waals surface area contributed by atoms with Gasteiger partial charge in [0, 0.05) is 24.3 Å². The van der Waals surface area contributed by atoms with Crippen molar-refractivity contribution in [3.8, 4) is 0 Å². The average molecular weight is 455 g/mol. The number of carbonyl (C=O) groups excluding carboxylic acids is 1. The van der Waals surface area contributed by atoms with E-state index in [4.69, 9.17) is 11.6 Å². The van der Waals surface area contributed by atoms with Crippen LogP contribution in [0.4, 0.5) is 5.69 Å². The van der Waals surface area contributed by atoms with Gasteiger partial charge in [-0.05, 0) is 72.9 Å². The first-order chi connectivity index (χ1) is 14.7. The fraction of sp³-hybridized carbons (Fsp3) is 0.208. The predicted molar refractivity (Wildman–Crippen MR) is 123 cm³/mol. The van der Waals surface area contributed by atoms with E-state index in [-0.39, 0.29) is 15.8 Å². The zero-order chi connectivity index (χ0) is 22.2. The lowest BCUT2D eigenvalue weighted by Gasteiger charge is -2.29. The summed E-state index contributed by atoms with van der Waals surface area (Å²) in [4.78, 5) is 14.7. The lowest BCUT2D eigenvalue weighted by atomic mass is 9.99. The maximum absolute atomic E-state index is 13.1. The van der Waals surface area contributed by atoms with Crippen LogP contribution in [0.3, 0.4) is 0 Å². The van der Waals surface area contributed by atoms with Crippen molar-refractivity contribution in [1.82, 2.24) is 4.90 Å². The summed E-state index contributed by atoms with van der Waals surface area (Å²) in [6.45, 7) is 4.96. The van der Waals surface area contributed by atoms with Crippen molar-refractivity contribution in [3.63, 3.8) is 0 Å². The first kappa shape index (κ1) is 21.4. The molecule has 31 heavy (non-hydrogen) atoms. The maximum atomic E-state index is 13.1. The second-order valence-electron chi connectivity index (χ2n) is 7.80. The molecule has 0 atom stereocenters. The molecule has 0 fully saturated rings. The highest BCUT2D eigenvalue weighted by atomic mass is 35.5. The zero-order valence-electron chi connectivity index (χ0n) is 17.4. The van der Waals surface area contributed by atoms with Crippen LogP contribution in [0.15, 0.2) is 65.6 Å². The SMILES string of the molecule is Cc1ccc(NS(=O)(=O)c2cc(C(=O)N3CCc4ccccc4C3)ccc2Cl)cc1C. The van der Waals surface area contributed by atoms with Crippen molar-refractivity contribution in [2.24, 2.45) is 0 Å². The van der Waals surface area contributed by atoms with Gasteiger partial charge in [0.05, 0.1) is 5.02 Å². The lowest BCUT2D eigenvalue weighted by molar-refractivity contribution is 0.0734. The molecule has 1 heterocycles. The zero-order valence-corrected chi connectivity index (χ0v) is 18.9. The van der Waals surface area contributed by atoms with Gasteiger partial charge in [0.1, 0.15) is 4.90 Å². The molecule has 5 nitrogen and oxygen atoms in total. The first-order valence-corrected chi connectivity index (χ1v) is 11.9. The second-order valence-corrected chi connectivity index (χ2v) is 9.85. The predicted octanol–water partition coefficient (Wildman–Crippen LogP) is 4.96. The largest absolute Gasteiger partial charge is 0.334 e. The number of sulfonamides is 1. The fourth-order valence-corrected chi connectivity index (χ4v) is 5.29. The topological polar surface area (TPSA) is 66.5 Å². The van der Waals surface area contributed by atoms with Gasteiger partial charge in [-0.1, -0.05) is 41.9 Å². The fourth-order valence-electron chi connectivity index (χ4n) is 3.71. The normalized spacial score (nSPS) is 13.6. The van der Waals surface area contributed by atoms with Gasteiger partial charge in [-0.15, -0.1) is 0 Å². The van der Waals surface area contributed by atoms with Crippen LogP contribution in [0, 0.1) is 13.8 Å². The molecular weight excluding hydrogens is 432 g/mol. The molecule has 0 saturated heterocycles. The Bertz CT molecular complexity index is 1270. The summed E-state index contributed by atoms with van der Waals surface area (Å²) in [6, 6.07) is 17.7. The standard InChI is InChI=1S/C24H23ClN2O3S/c1-16-7-9-21(13-17(16)2)26-31(29,30)23-14-19(8-10-22(23)25)24(28)27-12-11-18-5-3-4-6-20(18)15-27/h3-10,13-14,26H,11-12,15H2,1-2H3. The molecule has 3 aromatic carbocycles. The van der Waals surface area contributed by atoms with Crippen LogP contribution >= 0.6 is 11.6 Å². The van der Waals surface area contributed by atoms with E-state index in [1.54, 1.807) is 23.1 Å². The van der Waals surface area contributed by atoms with Crippen molar-refractivity contribution in [2.45, 2.75) is 31.7 Å². The maximum Gasteiger partial charge on any atom is 0.263 e. The summed E-state index contributed by atoms with van der Waals surface area (Å²) >= 11 is 6.22. The minimum absolute atomic E-state index is 0.0665. The van der Waals surface area contributed by atoms with E-state index in [1.165, 1.54) is 17.7 Å². The third-order valence-corrected chi connectivity index (χ3v) is 7.51. The molecule has 0 unspecified atom stereocenters. The molecule has 0 spiro atoms. The molecule has 0 aliphatic carbocycles. The Morgan fingerprint density at radius 3 is 2.45 bits per heavy atom. The van der Waals surface area contributed by atoms with Gasteiger partial charge in [0.2, 0.25) is 0 Å². The van der Waals surface area contributed by atoms with E-state index < -0.39 is 10.0 Å². The van der Waals surface area contributed by atoms with E-state index in [1.807, 2.05) is 38.1 Å². The number of benzene rings is 3. The van der Waals surface area contributed by atoms with Crippen molar-refractivity contribution in [2.75, 3.05) is 11.3 Å². The Morgan fingerprint density at radius 1 is 0.968 bits per heavy atom. The summed E-state index contributed by atoms with van der Waals surface area (Å²) < 4.78 is 28.6. The highest BCUT2D eigenvalue weighted by molar-refractivity contribution is 7.92. The summed E-state index contributed by atoms with van der Waals surface area (Å²) in [7, 11) is -3.96. The molecule has 160 valence electrons. The van der Waals surface area contributed by atoms with Gasteiger partial charge >= 0.3 is 0 Å². The number of rotatable bonds is 4.